The molecular formula is C10H13N3OS. The fraction of sp³-hybridized carbons (Fsp3) is 0.600. The van der Waals surface area contributed by atoms with Crippen molar-refractivity contribution in [2.45, 2.75) is 25.0 Å². The summed E-state index contributed by atoms with van der Waals surface area (Å²) < 4.78 is 5.48. The number of nitrogens with one attached hydrogen (secondary N) is 1. The number of aromatic nitrogens is 1. The maximum atomic E-state index is 8.98. The lowest BCUT2D eigenvalue weighted by Gasteiger charge is -2.13. The van der Waals surface area contributed by atoms with Gasteiger partial charge in [-0.2, -0.15) is 5.26 Å². The van der Waals surface area contributed by atoms with Crippen molar-refractivity contribution in [3.63, 3.8) is 0 Å². The van der Waals surface area contributed by atoms with Crippen molar-refractivity contribution in [1.29, 1.82) is 5.26 Å². The Morgan fingerprint density at radius 2 is 2.73 bits per heavy atom. The molecule has 0 spiro atoms. The van der Waals surface area contributed by atoms with Crippen LogP contribution in [0.1, 0.15) is 24.6 Å². The molecule has 4 nitrogen and oxygen atoms in total. The van der Waals surface area contributed by atoms with Gasteiger partial charge in [-0.25, -0.2) is 4.98 Å². The Kier molecular flexibility index (Phi) is 3.67. The Morgan fingerprint density at radius 3 is 3.33 bits per heavy atom. The summed E-state index contributed by atoms with van der Waals surface area (Å²) >= 11 is 1.51. The predicted octanol–water partition coefficient (Wildman–Crippen LogP) is 1.48. The third kappa shape index (κ3) is 2.75. The van der Waals surface area contributed by atoms with Crippen LogP contribution in [0.2, 0.25) is 0 Å². The minimum atomic E-state index is -0.305. The van der Waals surface area contributed by atoms with Gasteiger partial charge in [-0.3, -0.25) is 5.32 Å². The Balaban J connectivity index is 1.84. The van der Waals surface area contributed by atoms with E-state index in [0.29, 0.717) is 0 Å². The monoisotopic (exact) mass is 223 g/mol. The Labute approximate surface area is 92.9 Å². The molecule has 1 aromatic rings. The van der Waals surface area contributed by atoms with E-state index >= 15 is 0 Å². The lowest BCUT2D eigenvalue weighted by atomic mass is 10.2. The molecule has 1 fully saturated rings. The van der Waals surface area contributed by atoms with Crippen LogP contribution in [-0.4, -0.2) is 24.2 Å². The van der Waals surface area contributed by atoms with Gasteiger partial charge in [0.25, 0.3) is 0 Å². The summed E-state index contributed by atoms with van der Waals surface area (Å²) in [4.78, 5) is 4.13. The van der Waals surface area contributed by atoms with E-state index in [0.717, 1.165) is 31.7 Å². The lowest BCUT2D eigenvalue weighted by molar-refractivity contribution is 0.109. The van der Waals surface area contributed by atoms with Gasteiger partial charge in [-0.05, 0) is 12.8 Å². The van der Waals surface area contributed by atoms with E-state index < -0.39 is 0 Å². The Bertz CT molecular complexity index is 327. The summed E-state index contributed by atoms with van der Waals surface area (Å²) in [5, 5.41) is 14.1. The zero-order valence-corrected chi connectivity index (χ0v) is 9.17. The molecule has 1 aliphatic rings. The van der Waals surface area contributed by atoms with Crippen LogP contribution in [0.25, 0.3) is 0 Å². The van der Waals surface area contributed by atoms with Crippen LogP contribution in [0.3, 0.4) is 0 Å². The molecule has 80 valence electrons. The van der Waals surface area contributed by atoms with Crippen molar-refractivity contribution >= 4 is 11.3 Å². The quantitative estimate of drug-likeness (QED) is 0.840. The van der Waals surface area contributed by atoms with Crippen molar-refractivity contribution in [3.8, 4) is 6.07 Å². The molecule has 0 aliphatic carbocycles. The van der Waals surface area contributed by atoms with Crippen molar-refractivity contribution in [1.82, 2.24) is 10.3 Å². The number of rotatable bonds is 4. The van der Waals surface area contributed by atoms with Gasteiger partial charge >= 0.3 is 0 Å². The van der Waals surface area contributed by atoms with E-state index in [1.54, 1.807) is 5.51 Å². The molecule has 1 aliphatic heterocycles. The Morgan fingerprint density at radius 1 is 1.80 bits per heavy atom. The van der Waals surface area contributed by atoms with Crippen LogP contribution in [0.4, 0.5) is 0 Å². The summed E-state index contributed by atoms with van der Waals surface area (Å²) in [6.45, 7) is 1.58. The van der Waals surface area contributed by atoms with Crippen molar-refractivity contribution in [3.05, 3.63) is 16.6 Å². The molecule has 0 aromatic carbocycles. The smallest absolute Gasteiger partial charge is 0.139 e. The van der Waals surface area contributed by atoms with Crippen LogP contribution < -0.4 is 5.32 Å². The van der Waals surface area contributed by atoms with E-state index in [9.17, 15) is 0 Å². The maximum Gasteiger partial charge on any atom is 0.139 e. The number of ether oxygens (including phenoxy) is 1. The van der Waals surface area contributed by atoms with E-state index in [1.165, 1.54) is 11.3 Å². The van der Waals surface area contributed by atoms with Crippen LogP contribution in [0.15, 0.2) is 10.9 Å². The number of nitrogens with zero attached hydrogens (tertiary/aromatic N) is 2. The van der Waals surface area contributed by atoms with Gasteiger partial charge in [0.2, 0.25) is 0 Å². The second kappa shape index (κ2) is 5.21. The largest absolute Gasteiger partial charge is 0.377 e. The third-order valence-corrected chi connectivity index (χ3v) is 3.05. The van der Waals surface area contributed by atoms with Gasteiger partial charge in [0.15, 0.2) is 0 Å². The third-order valence-electron chi connectivity index (χ3n) is 2.45. The van der Waals surface area contributed by atoms with Crippen LogP contribution in [-0.2, 0) is 4.74 Å². The number of hydrogen-bond donors (Lipinski definition) is 1. The summed E-state index contributed by atoms with van der Waals surface area (Å²) in [6, 6.07) is 1.90. The maximum absolute atomic E-state index is 8.98. The van der Waals surface area contributed by atoms with Crippen molar-refractivity contribution in [2.24, 2.45) is 0 Å². The molecule has 0 saturated carbocycles. The number of hydrogen-bond acceptors (Lipinski definition) is 5. The van der Waals surface area contributed by atoms with Gasteiger partial charge in [-0.15, -0.1) is 11.3 Å². The molecule has 0 bridgehead atoms. The predicted molar refractivity (Wildman–Crippen MR) is 57.4 cm³/mol. The molecule has 1 N–H and O–H groups in total. The average Bonchev–Trinajstić information content (AvgIpc) is 2.90. The highest BCUT2D eigenvalue weighted by atomic mass is 32.1. The van der Waals surface area contributed by atoms with E-state index in [4.69, 9.17) is 10.00 Å². The highest BCUT2D eigenvalue weighted by Gasteiger charge is 2.18. The molecule has 0 amide bonds. The molecule has 1 saturated heterocycles. The molecule has 5 heteroatoms. The number of thiazole rings is 1. The van der Waals surface area contributed by atoms with E-state index in [2.05, 4.69) is 16.4 Å². The normalized spacial score (nSPS) is 22.5. The molecule has 2 unspecified atom stereocenters. The first-order chi connectivity index (χ1) is 7.40. The standard InChI is InChI=1S/C10H13N3OS/c11-4-9(10-6-15-7-13-10)12-5-8-2-1-3-14-8/h6-9,12H,1-3,5H2. The van der Waals surface area contributed by atoms with E-state index in [1.807, 2.05) is 5.38 Å². The van der Waals surface area contributed by atoms with Gasteiger partial charge in [0.1, 0.15) is 6.04 Å². The minimum Gasteiger partial charge on any atom is -0.377 e. The van der Waals surface area contributed by atoms with Crippen LogP contribution >= 0.6 is 11.3 Å². The first-order valence-corrected chi connectivity index (χ1v) is 5.97. The van der Waals surface area contributed by atoms with Crippen molar-refractivity contribution < 1.29 is 4.74 Å². The average molecular weight is 223 g/mol. The minimum absolute atomic E-state index is 0.263. The number of nitriles is 1. The van der Waals surface area contributed by atoms with Gasteiger partial charge in [-0.1, -0.05) is 0 Å². The molecule has 0 radical (unpaired) electrons. The van der Waals surface area contributed by atoms with Gasteiger partial charge in [0, 0.05) is 18.5 Å². The Hall–Kier alpha value is -0.960. The van der Waals surface area contributed by atoms with Gasteiger partial charge < -0.3 is 4.74 Å². The zero-order valence-electron chi connectivity index (χ0n) is 8.35. The lowest BCUT2D eigenvalue weighted by Crippen LogP contribution is -2.29. The van der Waals surface area contributed by atoms with E-state index in [-0.39, 0.29) is 12.1 Å². The summed E-state index contributed by atoms with van der Waals surface area (Å²) in [5.74, 6) is 0. The molecular weight excluding hydrogens is 210 g/mol. The van der Waals surface area contributed by atoms with Crippen LogP contribution in [0, 0.1) is 11.3 Å². The summed E-state index contributed by atoms with van der Waals surface area (Å²) in [7, 11) is 0. The second-order valence-electron chi connectivity index (χ2n) is 3.52. The van der Waals surface area contributed by atoms with Crippen LogP contribution in [0.5, 0.6) is 0 Å². The molecule has 15 heavy (non-hydrogen) atoms. The fourth-order valence-corrected chi connectivity index (χ4v) is 2.22. The molecule has 1 aromatic heterocycles. The fourth-order valence-electron chi connectivity index (χ4n) is 1.64. The first-order valence-electron chi connectivity index (χ1n) is 5.03. The molecule has 2 rings (SSSR count). The zero-order chi connectivity index (χ0) is 10.5. The summed E-state index contributed by atoms with van der Waals surface area (Å²) in [6.07, 6.45) is 2.47. The molecule has 2 atom stereocenters. The topological polar surface area (TPSA) is 57.9 Å². The highest BCUT2D eigenvalue weighted by molar-refractivity contribution is 7.07. The van der Waals surface area contributed by atoms with Gasteiger partial charge in [0.05, 0.1) is 23.4 Å². The SMILES string of the molecule is N#CC(NCC1CCCO1)c1cscn1. The highest BCUT2D eigenvalue weighted by Crippen LogP contribution is 2.15. The summed E-state index contributed by atoms with van der Waals surface area (Å²) in [5.41, 5.74) is 2.55. The first kappa shape index (κ1) is 10.6. The molecule has 2 heterocycles. The second-order valence-corrected chi connectivity index (χ2v) is 4.24. The van der Waals surface area contributed by atoms with Crippen molar-refractivity contribution in [2.75, 3.05) is 13.2 Å².